The van der Waals surface area contributed by atoms with Gasteiger partial charge in [-0.15, -0.1) is 0 Å². The molecule has 5 heteroatoms. The predicted molar refractivity (Wildman–Crippen MR) is 120 cm³/mol. The highest BCUT2D eigenvalue weighted by molar-refractivity contribution is 6.05. The van der Waals surface area contributed by atoms with E-state index in [0.29, 0.717) is 18.8 Å². The third-order valence-corrected chi connectivity index (χ3v) is 7.38. The number of aryl methyl sites for hydroxylation is 2. The van der Waals surface area contributed by atoms with Crippen molar-refractivity contribution < 1.29 is 19.4 Å². The average Bonchev–Trinajstić information content (AvgIpc) is 3.25. The minimum atomic E-state index is -0.243. The molecule has 1 N–H and O–H groups in total. The number of fused-ring (bicyclic) bond motifs is 3. The van der Waals surface area contributed by atoms with E-state index < -0.39 is 0 Å². The largest absolute Gasteiger partial charge is 0.507 e. The summed E-state index contributed by atoms with van der Waals surface area (Å²) >= 11 is 0. The highest BCUT2D eigenvalue weighted by atomic mass is 16.5. The minimum Gasteiger partial charge on any atom is -0.507 e. The number of phenolic OH excluding ortho intramolecular Hbond substituents is 1. The number of imide groups is 1. The topological polar surface area (TPSA) is 66.8 Å². The molecule has 0 spiro atoms. The molecule has 31 heavy (non-hydrogen) atoms. The van der Waals surface area contributed by atoms with Crippen molar-refractivity contribution in [1.82, 2.24) is 4.90 Å². The normalized spacial score (nSPS) is 28.4. The van der Waals surface area contributed by atoms with Crippen molar-refractivity contribution in [3.05, 3.63) is 45.5 Å². The van der Waals surface area contributed by atoms with E-state index in [9.17, 15) is 14.7 Å². The van der Waals surface area contributed by atoms with Gasteiger partial charge >= 0.3 is 0 Å². The Morgan fingerprint density at radius 3 is 2.52 bits per heavy atom. The molecule has 2 amide bonds. The lowest BCUT2D eigenvalue weighted by Gasteiger charge is -2.31. The lowest BCUT2D eigenvalue weighted by Crippen LogP contribution is -2.33. The Bertz CT molecular complexity index is 966. The number of aromatic hydroxyl groups is 1. The van der Waals surface area contributed by atoms with E-state index in [1.165, 1.54) is 21.6 Å². The Morgan fingerprint density at radius 2 is 1.87 bits per heavy atom. The molecule has 0 saturated carbocycles. The number of hydrogen-bond acceptors (Lipinski definition) is 4. The van der Waals surface area contributed by atoms with E-state index in [4.69, 9.17) is 4.74 Å². The fourth-order valence-corrected chi connectivity index (χ4v) is 5.76. The summed E-state index contributed by atoms with van der Waals surface area (Å²) in [5.74, 6) is -0.0986. The number of likely N-dealkylation sites (tertiary alicyclic amines) is 1. The number of benzene rings is 1. The molecule has 0 aromatic heterocycles. The third-order valence-electron chi connectivity index (χ3n) is 7.38. The molecule has 2 aliphatic heterocycles. The van der Waals surface area contributed by atoms with Gasteiger partial charge in [0.25, 0.3) is 0 Å². The van der Waals surface area contributed by atoms with Crippen molar-refractivity contribution in [3.63, 3.8) is 0 Å². The van der Waals surface area contributed by atoms with E-state index >= 15 is 0 Å². The number of carbonyl (C=O) groups is 2. The summed E-state index contributed by atoms with van der Waals surface area (Å²) in [6.45, 7) is 8.65. The van der Waals surface area contributed by atoms with E-state index in [1.54, 1.807) is 7.05 Å². The molecular formula is C26H33NO4. The fraction of sp³-hybridized carbons (Fsp3) is 0.538. The molecule has 2 saturated heterocycles. The van der Waals surface area contributed by atoms with Gasteiger partial charge in [0.15, 0.2) is 0 Å². The van der Waals surface area contributed by atoms with Crippen LogP contribution in [-0.4, -0.2) is 41.6 Å². The van der Waals surface area contributed by atoms with Gasteiger partial charge in [0.2, 0.25) is 11.8 Å². The van der Waals surface area contributed by atoms with Crippen molar-refractivity contribution in [2.45, 2.75) is 59.5 Å². The van der Waals surface area contributed by atoms with Crippen LogP contribution in [0.3, 0.4) is 0 Å². The van der Waals surface area contributed by atoms with Crippen LogP contribution in [0, 0.1) is 31.6 Å². The first-order valence-corrected chi connectivity index (χ1v) is 11.3. The van der Waals surface area contributed by atoms with Gasteiger partial charge in [-0.05, 0) is 80.9 Å². The zero-order valence-corrected chi connectivity index (χ0v) is 19.2. The maximum absolute atomic E-state index is 12.7. The zero-order valence-electron chi connectivity index (χ0n) is 19.2. The van der Waals surface area contributed by atoms with Crippen LogP contribution in [0.15, 0.2) is 28.9 Å². The molecule has 2 heterocycles. The third kappa shape index (κ3) is 3.73. The number of rotatable bonds is 5. The van der Waals surface area contributed by atoms with E-state index in [0.717, 1.165) is 36.0 Å². The van der Waals surface area contributed by atoms with Crippen LogP contribution in [0.2, 0.25) is 0 Å². The Balaban J connectivity index is 1.51. The van der Waals surface area contributed by atoms with E-state index in [-0.39, 0.29) is 35.7 Å². The predicted octanol–water partition coefficient (Wildman–Crippen LogP) is 4.55. The quantitative estimate of drug-likeness (QED) is 0.557. The van der Waals surface area contributed by atoms with Crippen molar-refractivity contribution in [1.29, 1.82) is 0 Å². The summed E-state index contributed by atoms with van der Waals surface area (Å²) < 4.78 is 6.21. The molecule has 4 rings (SSSR count). The number of hydrogen-bond donors (Lipinski definition) is 1. The van der Waals surface area contributed by atoms with Gasteiger partial charge in [-0.3, -0.25) is 14.5 Å². The van der Waals surface area contributed by atoms with Crippen molar-refractivity contribution in [3.8, 4) is 5.75 Å². The molecule has 2 fully saturated rings. The highest BCUT2D eigenvalue weighted by Gasteiger charge is 2.55. The monoisotopic (exact) mass is 423 g/mol. The molecule has 1 aliphatic carbocycles. The smallest absolute Gasteiger partial charge is 0.233 e. The zero-order chi connectivity index (χ0) is 22.4. The molecule has 3 aliphatic rings. The molecule has 0 unspecified atom stereocenters. The number of nitrogens with zero attached hydrogens (tertiary/aromatic N) is 1. The first-order valence-electron chi connectivity index (χ1n) is 11.3. The van der Waals surface area contributed by atoms with Crippen LogP contribution in [-0.2, 0) is 14.3 Å². The van der Waals surface area contributed by atoms with Crippen LogP contribution < -0.4 is 0 Å². The summed E-state index contributed by atoms with van der Waals surface area (Å²) in [5.41, 5.74) is 6.74. The molecule has 1 aromatic rings. The van der Waals surface area contributed by atoms with Crippen LogP contribution in [0.25, 0.3) is 6.08 Å². The van der Waals surface area contributed by atoms with E-state index in [1.807, 2.05) is 26.0 Å². The van der Waals surface area contributed by atoms with Gasteiger partial charge in [-0.1, -0.05) is 24.1 Å². The van der Waals surface area contributed by atoms with Gasteiger partial charge in [-0.25, -0.2) is 0 Å². The van der Waals surface area contributed by atoms with Crippen LogP contribution >= 0.6 is 0 Å². The van der Waals surface area contributed by atoms with Crippen molar-refractivity contribution in [2.75, 3.05) is 13.7 Å². The highest BCUT2D eigenvalue weighted by Crippen LogP contribution is 2.50. The number of carbonyl (C=O) groups excluding carboxylic acids is 2. The number of phenols is 1. The maximum Gasteiger partial charge on any atom is 0.233 e. The van der Waals surface area contributed by atoms with Crippen LogP contribution in [0.5, 0.6) is 5.75 Å². The summed E-state index contributed by atoms with van der Waals surface area (Å²) in [6.07, 6.45) is 5.58. The number of ether oxygens (including phenoxy) is 1. The maximum atomic E-state index is 12.7. The Labute approximate surface area is 184 Å². The summed E-state index contributed by atoms with van der Waals surface area (Å²) in [4.78, 5) is 26.6. The number of allylic oxidation sites excluding steroid dienone is 2. The second-order valence-electron chi connectivity index (χ2n) is 9.45. The van der Waals surface area contributed by atoms with Gasteiger partial charge in [-0.2, -0.15) is 0 Å². The molecule has 1 aromatic carbocycles. The van der Waals surface area contributed by atoms with Crippen LogP contribution in [0.4, 0.5) is 0 Å². The molecular weight excluding hydrogens is 390 g/mol. The average molecular weight is 424 g/mol. The molecule has 4 atom stereocenters. The molecule has 0 bridgehead atoms. The first-order chi connectivity index (χ1) is 14.7. The molecule has 166 valence electrons. The van der Waals surface area contributed by atoms with Crippen LogP contribution in [0.1, 0.15) is 56.2 Å². The second kappa shape index (κ2) is 8.27. The van der Waals surface area contributed by atoms with Gasteiger partial charge in [0.1, 0.15) is 5.75 Å². The van der Waals surface area contributed by atoms with Gasteiger partial charge in [0, 0.05) is 13.0 Å². The summed E-state index contributed by atoms with van der Waals surface area (Å²) in [7, 11) is 1.61. The van der Waals surface area contributed by atoms with Crippen molar-refractivity contribution >= 4 is 17.9 Å². The Hall–Kier alpha value is -2.40. The molecule has 0 radical (unpaired) electrons. The van der Waals surface area contributed by atoms with E-state index in [2.05, 4.69) is 19.9 Å². The Morgan fingerprint density at radius 1 is 1.19 bits per heavy atom. The van der Waals surface area contributed by atoms with Crippen molar-refractivity contribution in [2.24, 2.45) is 17.8 Å². The Kier molecular flexibility index (Phi) is 5.82. The summed E-state index contributed by atoms with van der Waals surface area (Å²) in [6, 6.07) is 4.01. The van der Waals surface area contributed by atoms with Gasteiger partial charge in [0.05, 0.1) is 24.5 Å². The molecule has 5 nitrogen and oxygen atoms in total. The van der Waals surface area contributed by atoms with Gasteiger partial charge < -0.3 is 9.84 Å². The number of amides is 2. The second-order valence-corrected chi connectivity index (χ2v) is 9.45. The standard InChI is InChI=1S/C26H33NO4/c1-6-18-12-19-23(26(30)27(5)25(19)29)20-13-31-21(22(18)20)8-7-14(2)9-17-10-15(3)24(28)16(4)11-17/h9-11,19-21,23,28H,6-8,12-13H2,1-5H3/b14-9+/t19-,20+,21-,23-/m1/s1. The first kappa shape index (κ1) is 21.8. The SMILES string of the molecule is CCC1=C2[C@@H](CC/C(C)=C/c3cc(C)c(O)c(C)c3)OC[C@@H]2[C@@H]2C(=O)N(C)C(=O)[C@@H]2C1. The summed E-state index contributed by atoms with van der Waals surface area (Å²) in [5, 5.41) is 10.00. The fourth-order valence-electron chi connectivity index (χ4n) is 5.76. The minimum absolute atomic E-state index is 0.0262. The lowest BCUT2D eigenvalue weighted by atomic mass is 9.69. The lowest BCUT2D eigenvalue weighted by molar-refractivity contribution is -0.138.